The van der Waals surface area contributed by atoms with E-state index in [2.05, 4.69) is 18.7 Å². The summed E-state index contributed by atoms with van der Waals surface area (Å²) in [7, 11) is 0. The molecule has 0 bridgehead atoms. The van der Waals surface area contributed by atoms with Crippen molar-refractivity contribution >= 4 is 0 Å². The highest BCUT2D eigenvalue weighted by Gasteiger charge is 2.29. The Balaban J connectivity index is 1.59. The van der Waals surface area contributed by atoms with Crippen molar-refractivity contribution in [2.24, 2.45) is 17.8 Å². The van der Waals surface area contributed by atoms with Gasteiger partial charge in [0.05, 0.1) is 0 Å². The fourth-order valence-electron chi connectivity index (χ4n) is 5.11. The van der Waals surface area contributed by atoms with Gasteiger partial charge in [0.15, 0.2) is 11.6 Å². The van der Waals surface area contributed by atoms with Crippen molar-refractivity contribution in [3.05, 3.63) is 59.7 Å². The molecule has 2 aliphatic carbocycles. The monoisotopic (exact) mass is 372 g/mol. The molecule has 1 saturated carbocycles. The van der Waals surface area contributed by atoms with Crippen molar-refractivity contribution in [1.29, 1.82) is 0 Å². The van der Waals surface area contributed by atoms with Crippen LogP contribution in [0.15, 0.2) is 36.9 Å². The summed E-state index contributed by atoms with van der Waals surface area (Å²) in [6, 6.07) is 3.59. The lowest BCUT2D eigenvalue weighted by molar-refractivity contribution is 0.210. The lowest BCUT2D eigenvalue weighted by Crippen LogP contribution is -2.23. The van der Waals surface area contributed by atoms with Gasteiger partial charge in [0, 0.05) is 5.92 Å². The Bertz CT molecular complexity index is 653. The first-order valence-electron chi connectivity index (χ1n) is 10.9. The van der Waals surface area contributed by atoms with Crippen molar-refractivity contribution in [2.75, 3.05) is 0 Å². The van der Waals surface area contributed by atoms with Crippen LogP contribution in [0.5, 0.6) is 0 Å². The van der Waals surface area contributed by atoms with Crippen LogP contribution in [0.4, 0.5) is 8.78 Å². The quantitative estimate of drug-likeness (QED) is 0.429. The fourth-order valence-corrected chi connectivity index (χ4v) is 5.11. The maximum Gasteiger partial charge on any atom is 0.162 e. The third-order valence-electron chi connectivity index (χ3n) is 6.79. The SMILES string of the molecule is C=CCCC1CCC(C2C=CC(c3ccc(CCC)c(F)c3F)CC2)CC1. The molecule has 0 N–H and O–H groups in total. The van der Waals surface area contributed by atoms with Crippen LogP contribution in [0.3, 0.4) is 0 Å². The average Bonchev–Trinajstić information content (AvgIpc) is 2.71. The van der Waals surface area contributed by atoms with Crippen LogP contribution >= 0.6 is 0 Å². The zero-order valence-corrected chi connectivity index (χ0v) is 16.7. The Morgan fingerprint density at radius 3 is 2.41 bits per heavy atom. The molecule has 2 aliphatic rings. The van der Waals surface area contributed by atoms with E-state index in [9.17, 15) is 8.78 Å². The molecule has 0 amide bonds. The van der Waals surface area contributed by atoms with E-state index in [0.717, 1.165) is 37.5 Å². The molecule has 0 aliphatic heterocycles. The van der Waals surface area contributed by atoms with E-state index in [4.69, 9.17) is 0 Å². The number of allylic oxidation sites excluding steroid dienone is 3. The molecule has 0 saturated heterocycles. The molecule has 0 radical (unpaired) electrons. The molecule has 27 heavy (non-hydrogen) atoms. The van der Waals surface area contributed by atoms with Gasteiger partial charge < -0.3 is 0 Å². The van der Waals surface area contributed by atoms with E-state index < -0.39 is 11.6 Å². The first-order valence-corrected chi connectivity index (χ1v) is 10.9. The maximum atomic E-state index is 14.6. The molecule has 2 heteroatoms. The number of rotatable bonds is 7. The van der Waals surface area contributed by atoms with Gasteiger partial charge in [-0.05, 0) is 73.8 Å². The highest BCUT2D eigenvalue weighted by molar-refractivity contribution is 5.32. The molecule has 1 fully saturated rings. The summed E-state index contributed by atoms with van der Waals surface area (Å²) >= 11 is 0. The van der Waals surface area contributed by atoms with E-state index in [1.54, 1.807) is 6.07 Å². The minimum Gasteiger partial charge on any atom is -0.203 e. The second-order valence-corrected chi connectivity index (χ2v) is 8.57. The number of hydrogen-bond acceptors (Lipinski definition) is 0. The van der Waals surface area contributed by atoms with Crippen molar-refractivity contribution < 1.29 is 8.78 Å². The summed E-state index contributed by atoms with van der Waals surface area (Å²) in [5.74, 6) is 1.03. The van der Waals surface area contributed by atoms with Crippen LogP contribution in [0.2, 0.25) is 0 Å². The molecule has 0 nitrogen and oxygen atoms in total. The topological polar surface area (TPSA) is 0 Å². The summed E-state index contributed by atoms with van der Waals surface area (Å²) in [4.78, 5) is 0. The fraction of sp³-hybridized carbons (Fsp3) is 0.600. The second-order valence-electron chi connectivity index (χ2n) is 8.57. The number of aryl methyl sites for hydroxylation is 1. The Kier molecular flexibility index (Phi) is 7.26. The zero-order valence-electron chi connectivity index (χ0n) is 16.7. The lowest BCUT2D eigenvalue weighted by atomic mass is 9.70. The van der Waals surface area contributed by atoms with Gasteiger partial charge in [-0.1, -0.05) is 56.5 Å². The third-order valence-corrected chi connectivity index (χ3v) is 6.79. The van der Waals surface area contributed by atoms with Gasteiger partial charge in [-0.15, -0.1) is 6.58 Å². The van der Waals surface area contributed by atoms with Gasteiger partial charge >= 0.3 is 0 Å². The largest absolute Gasteiger partial charge is 0.203 e. The standard InChI is InChI=1S/C25H34F2/c1-3-5-7-18-8-10-19(11-9-18)20-12-14-21(15-13-20)23-17-16-22(6-4-2)24(26)25(23)27/h3,12,14,16-21H,1,4-11,13,15H2,2H3. The van der Waals surface area contributed by atoms with Gasteiger partial charge in [0.1, 0.15) is 0 Å². The van der Waals surface area contributed by atoms with Gasteiger partial charge in [0.25, 0.3) is 0 Å². The molecular formula is C25H34F2. The molecule has 2 atom stereocenters. The highest BCUT2D eigenvalue weighted by Crippen LogP contribution is 2.42. The first-order chi connectivity index (χ1) is 13.1. The minimum absolute atomic E-state index is 0.0235. The average molecular weight is 373 g/mol. The Labute approximate surface area is 163 Å². The number of benzene rings is 1. The van der Waals surface area contributed by atoms with Crippen molar-refractivity contribution in [3.8, 4) is 0 Å². The van der Waals surface area contributed by atoms with Crippen LogP contribution in [0.1, 0.15) is 81.8 Å². The van der Waals surface area contributed by atoms with Gasteiger partial charge in [-0.3, -0.25) is 0 Å². The highest BCUT2D eigenvalue weighted by atomic mass is 19.2. The van der Waals surface area contributed by atoms with Crippen molar-refractivity contribution in [3.63, 3.8) is 0 Å². The lowest BCUT2D eigenvalue weighted by Gasteiger charge is -2.35. The van der Waals surface area contributed by atoms with Crippen LogP contribution in [0.25, 0.3) is 0 Å². The molecule has 3 rings (SSSR count). The smallest absolute Gasteiger partial charge is 0.162 e. The van der Waals surface area contributed by atoms with Gasteiger partial charge in [-0.25, -0.2) is 8.78 Å². The summed E-state index contributed by atoms with van der Waals surface area (Å²) in [5.41, 5.74) is 1.04. The van der Waals surface area contributed by atoms with Crippen LogP contribution in [0, 0.1) is 29.4 Å². The van der Waals surface area contributed by atoms with E-state index in [-0.39, 0.29) is 5.92 Å². The number of halogens is 2. The minimum atomic E-state index is -0.636. The third kappa shape index (κ3) is 4.89. The molecule has 0 aromatic heterocycles. The molecular weight excluding hydrogens is 338 g/mol. The second kappa shape index (κ2) is 9.66. The molecule has 0 heterocycles. The van der Waals surface area contributed by atoms with Crippen LogP contribution < -0.4 is 0 Å². The predicted molar refractivity (Wildman–Crippen MR) is 110 cm³/mol. The summed E-state index contributed by atoms with van der Waals surface area (Å²) in [5, 5.41) is 0. The summed E-state index contributed by atoms with van der Waals surface area (Å²) < 4.78 is 28.8. The maximum absolute atomic E-state index is 14.6. The molecule has 0 spiro atoms. The molecule has 1 aromatic rings. The summed E-state index contributed by atoms with van der Waals surface area (Å²) in [6.45, 7) is 5.82. The summed E-state index contributed by atoms with van der Waals surface area (Å²) in [6.07, 6.45) is 17.7. The van der Waals surface area contributed by atoms with Crippen LogP contribution in [-0.2, 0) is 6.42 Å². The zero-order chi connectivity index (χ0) is 19.2. The van der Waals surface area contributed by atoms with Crippen molar-refractivity contribution in [1.82, 2.24) is 0 Å². The number of hydrogen-bond donors (Lipinski definition) is 0. The molecule has 1 aromatic carbocycles. The van der Waals surface area contributed by atoms with Gasteiger partial charge in [0.2, 0.25) is 0 Å². The normalized spacial score (nSPS) is 28.3. The Hall–Kier alpha value is -1.44. The van der Waals surface area contributed by atoms with E-state index in [1.807, 2.05) is 19.1 Å². The van der Waals surface area contributed by atoms with E-state index in [1.165, 1.54) is 32.1 Å². The Morgan fingerprint density at radius 1 is 1.00 bits per heavy atom. The van der Waals surface area contributed by atoms with E-state index >= 15 is 0 Å². The Morgan fingerprint density at radius 2 is 1.78 bits per heavy atom. The van der Waals surface area contributed by atoms with E-state index in [0.29, 0.717) is 23.5 Å². The molecule has 148 valence electrons. The predicted octanol–water partition coefficient (Wildman–Crippen LogP) is 7.74. The van der Waals surface area contributed by atoms with Crippen molar-refractivity contribution in [2.45, 2.75) is 77.0 Å². The first kappa shape index (κ1) is 20.3. The molecule has 2 unspecified atom stereocenters. The van der Waals surface area contributed by atoms with Crippen LogP contribution in [-0.4, -0.2) is 0 Å². The van der Waals surface area contributed by atoms with Gasteiger partial charge in [-0.2, -0.15) is 0 Å².